The Morgan fingerprint density at radius 1 is 1.13 bits per heavy atom. The number of hydrogen-bond acceptors (Lipinski definition) is 5. The van der Waals surface area contributed by atoms with Crippen LogP contribution in [0.3, 0.4) is 0 Å². The Hall–Kier alpha value is -1.91. The van der Waals surface area contributed by atoms with E-state index < -0.39 is 0 Å². The molecule has 30 heavy (non-hydrogen) atoms. The van der Waals surface area contributed by atoms with Crippen LogP contribution < -0.4 is 5.32 Å². The van der Waals surface area contributed by atoms with E-state index in [1.54, 1.807) is 6.26 Å². The fraction of sp³-hybridized carbons (Fsp3) is 0.364. The third kappa shape index (κ3) is 6.05. The largest absolute Gasteiger partial charge is 0.444 e. The minimum atomic E-state index is 0. The number of oxazole rings is 1. The van der Waals surface area contributed by atoms with E-state index in [-0.39, 0.29) is 24.0 Å². The molecule has 0 amide bonds. The summed E-state index contributed by atoms with van der Waals surface area (Å²) in [6.07, 6.45) is 1.70. The molecular weight excluding hydrogens is 509 g/mol. The van der Waals surface area contributed by atoms with Crippen LogP contribution in [0.25, 0.3) is 11.5 Å². The van der Waals surface area contributed by atoms with Crippen molar-refractivity contribution in [3.8, 4) is 11.5 Å². The number of hydrogen-bond donors (Lipinski definition) is 1. The van der Waals surface area contributed by atoms with Crippen LogP contribution >= 0.6 is 35.3 Å². The Labute approximate surface area is 199 Å². The van der Waals surface area contributed by atoms with Gasteiger partial charge in [0.2, 0.25) is 5.89 Å². The summed E-state index contributed by atoms with van der Waals surface area (Å²) in [6.45, 7) is 8.55. The lowest BCUT2D eigenvalue weighted by Gasteiger charge is -2.36. The van der Waals surface area contributed by atoms with E-state index >= 15 is 0 Å². The number of aromatic nitrogens is 1. The molecule has 160 valence electrons. The summed E-state index contributed by atoms with van der Waals surface area (Å²) in [6, 6.07) is 14.3. The fourth-order valence-corrected chi connectivity index (χ4v) is 4.16. The fourth-order valence-electron chi connectivity index (χ4n) is 3.42. The molecule has 1 aromatic carbocycles. The maximum absolute atomic E-state index is 5.63. The van der Waals surface area contributed by atoms with Gasteiger partial charge in [0.1, 0.15) is 12.0 Å². The lowest BCUT2D eigenvalue weighted by molar-refractivity contribution is 0.173. The first kappa shape index (κ1) is 22.8. The monoisotopic (exact) mass is 537 g/mol. The van der Waals surface area contributed by atoms with Crippen LogP contribution in [0, 0.1) is 0 Å². The predicted octanol–water partition coefficient (Wildman–Crippen LogP) is 4.30. The van der Waals surface area contributed by atoms with Gasteiger partial charge in [0.15, 0.2) is 5.96 Å². The molecule has 0 bridgehead atoms. The van der Waals surface area contributed by atoms with Gasteiger partial charge in [-0.2, -0.15) is 0 Å². The predicted molar refractivity (Wildman–Crippen MR) is 133 cm³/mol. The zero-order chi connectivity index (χ0) is 19.9. The highest BCUT2D eigenvalue weighted by Gasteiger charge is 2.20. The molecule has 1 fully saturated rings. The first-order valence-corrected chi connectivity index (χ1v) is 11.0. The molecule has 0 radical (unpaired) electrons. The topological polar surface area (TPSA) is 56.9 Å². The standard InChI is InChI=1S/C22H27N5OS.HI/c1-2-23-22(27-12-10-26(11-13-27)16-20-9-6-14-29-20)24-15-19-17-28-21(25-19)18-7-4-3-5-8-18;/h3-9,14,17H,2,10-13,15-16H2,1H3,(H,23,24);1H. The number of benzene rings is 1. The van der Waals surface area contributed by atoms with Gasteiger partial charge in [-0.1, -0.05) is 24.3 Å². The summed E-state index contributed by atoms with van der Waals surface area (Å²) in [5, 5.41) is 5.57. The number of nitrogens with one attached hydrogen (secondary N) is 1. The van der Waals surface area contributed by atoms with E-state index in [1.807, 2.05) is 41.7 Å². The first-order chi connectivity index (χ1) is 14.3. The number of halogens is 1. The summed E-state index contributed by atoms with van der Waals surface area (Å²) in [5.41, 5.74) is 1.83. The van der Waals surface area contributed by atoms with Crippen molar-refractivity contribution in [2.75, 3.05) is 32.7 Å². The summed E-state index contributed by atoms with van der Waals surface area (Å²) >= 11 is 1.83. The zero-order valence-corrected chi connectivity index (χ0v) is 20.3. The van der Waals surface area contributed by atoms with Gasteiger partial charge < -0.3 is 14.6 Å². The maximum atomic E-state index is 5.63. The zero-order valence-electron chi connectivity index (χ0n) is 17.2. The van der Waals surface area contributed by atoms with Gasteiger partial charge in [0, 0.05) is 49.7 Å². The van der Waals surface area contributed by atoms with Crippen LogP contribution in [-0.2, 0) is 13.1 Å². The number of guanidine groups is 1. The molecule has 6 nitrogen and oxygen atoms in total. The summed E-state index contributed by atoms with van der Waals surface area (Å²) < 4.78 is 5.63. The number of aliphatic imine (C=N–C) groups is 1. The molecule has 3 heterocycles. The molecule has 1 N–H and O–H groups in total. The second-order valence-electron chi connectivity index (χ2n) is 7.02. The van der Waals surface area contributed by atoms with Crippen molar-refractivity contribution in [2.24, 2.45) is 4.99 Å². The lowest BCUT2D eigenvalue weighted by atomic mass is 10.2. The molecular formula is C22H28IN5OS. The van der Waals surface area contributed by atoms with E-state index in [1.165, 1.54) is 4.88 Å². The summed E-state index contributed by atoms with van der Waals surface area (Å²) in [7, 11) is 0. The van der Waals surface area contributed by atoms with Crippen LogP contribution in [0.1, 0.15) is 17.5 Å². The van der Waals surface area contributed by atoms with Crippen molar-refractivity contribution in [3.05, 3.63) is 64.7 Å². The molecule has 2 aromatic heterocycles. The molecule has 1 saturated heterocycles. The molecule has 0 unspecified atom stereocenters. The van der Waals surface area contributed by atoms with Crippen molar-refractivity contribution in [2.45, 2.75) is 20.0 Å². The molecule has 0 atom stereocenters. The van der Waals surface area contributed by atoms with Gasteiger partial charge in [-0.05, 0) is 30.5 Å². The van der Waals surface area contributed by atoms with Gasteiger partial charge in [0.25, 0.3) is 0 Å². The molecule has 0 aliphatic carbocycles. The second-order valence-corrected chi connectivity index (χ2v) is 8.05. The lowest BCUT2D eigenvalue weighted by Crippen LogP contribution is -2.52. The average Bonchev–Trinajstić information content (AvgIpc) is 3.45. The van der Waals surface area contributed by atoms with Crippen molar-refractivity contribution >= 4 is 41.3 Å². The SMILES string of the molecule is CCNC(=NCc1coc(-c2ccccc2)n1)N1CCN(Cc2cccs2)CC1.I. The van der Waals surface area contributed by atoms with Crippen molar-refractivity contribution in [1.82, 2.24) is 20.1 Å². The van der Waals surface area contributed by atoms with E-state index in [0.29, 0.717) is 12.4 Å². The molecule has 4 rings (SSSR count). The Kier molecular flexibility index (Phi) is 8.71. The minimum absolute atomic E-state index is 0. The molecule has 1 aliphatic heterocycles. The minimum Gasteiger partial charge on any atom is -0.444 e. The second kappa shape index (κ2) is 11.5. The molecule has 1 aliphatic rings. The Balaban J connectivity index is 0.00000256. The summed E-state index contributed by atoms with van der Waals surface area (Å²) in [4.78, 5) is 15.7. The van der Waals surface area contributed by atoms with Crippen LogP contribution in [0.4, 0.5) is 0 Å². The third-order valence-electron chi connectivity index (χ3n) is 4.93. The number of rotatable bonds is 6. The molecule has 0 saturated carbocycles. The van der Waals surface area contributed by atoms with Crippen LogP contribution in [0.15, 0.2) is 63.5 Å². The number of piperazine rings is 1. The van der Waals surface area contributed by atoms with Crippen molar-refractivity contribution < 1.29 is 4.42 Å². The third-order valence-corrected chi connectivity index (χ3v) is 5.79. The Bertz CT molecular complexity index is 905. The molecule has 0 spiro atoms. The average molecular weight is 537 g/mol. The maximum Gasteiger partial charge on any atom is 0.226 e. The number of thiophene rings is 1. The first-order valence-electron chi connectivity index (χ1n) is 10.1. The molecule has 8 heteroatoms. The highest BCUT2D eigenvalue weighted by atomic mass is 127. The van der Waals surface area contributed by atoms with Crippen LogP contribution in [-0.4, -0.2) is 53.5 Å². The van der Waals surface area contributed by atoms with Gasteiger partial charge in [-0.25, -0.2) is 9.98 Å². The van der Waals surface area contributed by atoms with Crippen molar-refractivity contribution in [1.29, 1.82) is 0 Å². The van der Waals surface area contributed by atoms with E-state index in [2.05, 4.69) is 44.5 Å². The number of nitrogens with zero attached hydrogens (tertiary/aromatic N) is 4. The van der Waals surface area contributed by atoms with E-state index in [0.717, 1.165) is 56.5 Å². The van der Waals surface area contributed by atoms with Gasteiger partial charge in [0.05, 0.1) is 6.54 Å². The van der Waals surface area contributed by atoms with Gasteiger partial charge >= 0.3 is 0 Å². The van der Waals surface area contributed by atoms with Crippen molar-refractivity contribution in [3.63, 3.8) is 0 Å². The Morgan fingerprint density at radius 3 is 2.63 bits per heavy atom. The van der Waals surface area contributed by atoms with E-state index in [4.69, 9.17) is 9.41 Å². The quantitative estimate of drug-likeness (QED) is 0.289. The normalized spacial score (nSPS) is 15.1. The highest BCUT2D eigenvalue weighted by molar-refractivity contribution is 14.0. The highest BCUT2D eigenvalue weighted by Crippen LogP contribution is 2.18. The van der Waals surface area contributed by atoms with Gasteiger partial charge in [-0.15, -0.1) is 35.3 Å². The Morgan fingerprint density at radius 2 is 1.93 bits per heavy atom. The van der Waals surface area contributed by atoms with Crippen LogP contribution in [0.2, 0.25) is 0 Å². The molecule has 3 aromatic rings. The smallest absolute Gasteiger partial charge is 0.226 e. The van der Waals surface area contributed by atoms with Crippen LogP contribution in [0.5, 0.6) is 0 Å². The van der Waals surface area contributed by atoms with E-state index in [9.17, 15) is 0 Å². The summed E-state index contributed by atoms with van der Waals surface area (Å²) in [5.74, 6) is 1.59. The van der Waals surface area contributed by atoms with Gasteiger partial charge in [-0.3, -0.25) is 4.90 Å².